The second-order valence-corrected chi connectivity index (χ2v) is 7.44. The molecule has 0 fully saturated rings. The number of carbonyl (C=O) groups is 2. The zero-order valence-corrected chi connectivity index (χ0v) is 17.2. The predicted octanol–water partition coefficient (Wildman–Crippen LogP) is 5.54. The number of amides is 2. The van der Waals surface area contributed by atoms with Crippen LogP contribution in [0.2, 0.25) is 5.02 Å². The van der Waals surface area contributed by atoms with Crippen molar-refractivity contribution in [3.63, 3.8) is 0 Å². The maximum absolute atomic E-state index is 13.0. The van der Waals surface area contributed by atoms with Crippen molar-refractivity contribution in [2.75, 3.05) is 5.32 Å². The van der Waals surface area contributed by atoms with Gasteiger partial charge in [0.25, 0.3) is 5.91 Å². The Morgan fingerprint density at radius 1 is 0.933 bits per heavy atom. The molecule has 3 aromatic rings. The molecule has 0 saturated carbocycles. The third-order valence-corrected chi connectivity index (χ3v) is 4.96. The van der Waals surface area contributed by atoms with Gasteiger partial charge in [-0.3, -0.25) is 9.59 Å². The van der Waals surface area contributed by atoms with E-state index in [0.29, 0.717) is 29.1 Å². The largest absolute Gasteiger partial charge is 0.350 e. The number of anilines is 1. The van der Waals surface area contributed by atoms with E-state index in [4.69, 9.17) is 11.6 Å². The first kappa shape index (κ1) is 21.5. The zero-order valence-electron chi connectivity index (χ0n) is 16.5. The van der Waals surface area contributed by atoms with Crippen LogP contribution in [-0.4, -0.2) is 11.8 Å². The Morgan fingerprint density at radius 3 is 2.20 bits per heavy atom. The minimum absolute atomic E-state index is 0.0360. The van der Waals surface area contributed by atoms with Crippen molar-refractivity contribution in [1.82, 2.24) is 5.32 Å². The highest BCUT2D eigenvalue weighted by Crippen LogP contribution is 2.18. The van der Waals surface area contributed by atoms with Gasteiger partial charge in [0, 0.05) is 22.7 Å². The average molecular weight is 425 g/mol. The summed E-state index contributed by atoms with van der Waals surface area (Å²) in [5.41, 5.74) is 2.98. The fourth-order valence-electron chi connectivity index (χ4n) is 2.97. The monoisotopic (exact) mass is 424 g/mol. The Labute approximate surface area is 180 Å². The normalized spacial score (nSPS) is 11.6. The van der Waals surface area contributed by atoms with Crippen LogP contribution in [0.5, 0.6) is 0 Å². The summed E-state index contributed by atoms with van der Waals surface area (Å²) in [6, 6.07) is 19.9. The molecule has 4 nitrogen and oxygen atoms in total. The topological polar surface area (TPSA) is 58.2 Å². The highest BCUT2D eigenvalue weighted by molar-refractivity contribution is 6.30. The van der Waals surface area contributed by atoms with Crippen LogP contribution in [0.1, 0.15) is 40.9 Å². The highest BCUT2D eigenvalue weighted by Gasteiger charge is 2.11. The number of aryl methyl sites for hydroxylation is 1. The Kier molecular flexibility index (Phi) is 7.20. The lowest BCUT2D eigenvalue weighted by Crippen LogP contribution is -2.26. The fraction of sp³-hybridized carbons (Fsp3) is 0.167. The van der Waals surface area contributed by atoms with Crippen molar-refractivity contribution < 1.29 is 14.0 Å². The van der Waals surface area contributed by atoms with Crippen molar-refractivity contribution >= 4 is 29.1 Å². The fourth-order valence-corrected chi connectivity index (χ4v) is 3.09. The van der Waals surface area contributed by atoms with Crippen molar-refractivity contribution in [1.29, 1.82) is 0 Å². The summed E-state index contributed by atoms with van der Waals surface area (Å²) in [7, 11) is 0. The summed E-state index contributed by atoms with van der Waals surface area (Å²) >= 11 is 5.87. The van der Waals surface area contributed by atoms with Gasteiger partial charge in [-0.2, -0.15) is 0 Å². The average Bonchev–Trinajstić information content (AvgIpc) is 2.74. The van der Waals surface area contributed by atoms with Gasteiger partial charge < -0.3 is 10.6 Å². The Balaban J connectivity index is 1.50. The smallest absolute Gasteiger partial charge is 0.255 e. The lowest BCUT2D eigenvalue weighted by Gasteiger charge is -2.15. The number of rotatable bonds is 7. The zero-order chi connectivity index (χ0) is 21.5. The first-order chi connectivity index (χ1) is 14.4. The van der Waals surface area contributed by atoms with E-state index in [1.807, 2.05) is 43.3 Å². The van der Waals surface area contributed by atoms with E-state index < -0.39 is 0 Å². The van der Waals surface area contributed by atoms with Crippen molar-refractivity contribution in [3.8, 4) is 0 Å². The first-order valence-electron chi connectivity index (χ1n) is 9.61. The summed E-state index contributed by atoms with van der Waals surface area (Å²) in [5, 5.41) is 6.43. The molecule has 0 aliphatic heterocycles. The van der Waals surface area contributed by atoms with E-state index in [9.17, 15) is 14.0 Å². The Bertz CT molecular complexity index is 1000. The summed E-state index contributed by atoms with van der Waals surface area (Å²) in [6.07, 6.45) is 1.03. The molecular formula is C24H22ClFN2O2. The van der Waals surface area contributed by atoms with Gasteiger partial charge >= 0.3 is 0 Å². The van der Waals surface area contributed by atoms with Gasteiger partial charge in [-0.15, -0.1) is 0 Å². The second kappa shape index (κ2) is 10.0. The van der Waals surface area contributed by atoms with E-state index in [2.05, 4.69) is 10.6 Å². The molecule has 2 N–H and O–H groups in total. The van der Waals surface area contributed by atoms with Crippen molar-refractivity contribution in [3.05, 3.63) is 100 Å². The van der Waals surface area contributed by atoms with Gasteiger partial charge in [0.1, 0.15) is 5.82 Å². The van der Waals surface area contributed by atoms with Crippen LogP contribution in [0.15, 0.2) is 72.8 Å². The lowest BCUT2D eigenvalue weighted by atomic mass is 10.1. The first-order valence-corrected chi connectivity index (χ1v) is 9.99. The summed E-state index contributed by atoms with van der Waals surface area (Å²) in [5.74, 6) is -0.738. The molecule has 0 aliphatic carbocycles. The van der Waals surface area contributed by atoms with Crippen LogP contribution >= 0.6 is 11.6 Å². The molecule has 0 spiro atoms. The van der Waals surface area contributed by atoms with Crippen molar-refractivity contribution in [2.45, 2.75) is 25.8 Å². The summed E-state index contributed by atoms with van der Waals surface area (Å²) in [4.78, 5) is 24.4. The Hall–Kier alpha value is -3.18. The molecule has 0 aromatic heterocycles. The van der Waals surface area contributed by atoms with Crippen LogP contribution < -0.4 is 10.6 Å². The number of benzene rings is 3. The van der Waals surface area contributed by atoms with Crippen molar-refractivity contribution in [2.24, 2.45) is 0 Å². The molecule has 1 atom stereocenters. The van der Waals surface area contributed by atoms with Gasteiger partial charge in [-0.05, 0) is 73.0 Å². The minimum Gasteiger partial charge on any atom is -0.350 e. The molecular weight excluding hydrogens is 403 g/mol. The predicted molar refractivity (Wildman–Crippen MR) is 117 cm³/mol. The molecule has 0 radical (unpaired) electrons. The van der Waals surface area contributed by atoms with Crippen LogP contribution in [0.3, 0.4) is 0 Å². The van der Waals surface area contributed by atoms with Crippen LogP contribution in [0, 0.1) is 5.82 Å². The van der Waals surface area contributed by atoms with Gasteiger partial charge in [-0.1, -0.05) is 35.9 Å². The second-order valence-electron chi connectivity index (χ2n) is 7.00. The molecule has 0 aliphatic rings. The van der Waals surface area contributed by atoms with Crippen LogP contribution in [0.25, 0.3) is 0 Å². The number of halogens is 2. The maximum atomic E-state index is 13.0. The summed E-state index contributed by atoms with van der Waals surface area (Å²) in [6.45, 7) is 1.91. The number of hydrogen-bond acceptors (Lipinski definition) is 2. The number of carbonyl (C=O) groups excluding carboxylic acids is 2. The van der Waals surface area contributed by atoms with Gasteiger partial charge in [0.2, 0.25) is 5.91 Å². The quantitative estimate of drug-likeness (QED) is 0.523. The van der Waals surface area contributed by atoms with Gasteiger partial charge in [-0.25, -0.2) is 4.39 Å². The Morgan fingerprint density at radius 2 is 1.57 bits per heavy atom. The summed E-state index contributed by atoms with van der Waals surface area (Å²) < 4.78 is 13.0. The highest BCUT2D eigenvalue weighted by atomic mass is 35.5. The molecule has 30 heavy (non-hydrogen) atoms. The molecule has 3 rings (SSSR count). The van der Waals surface area contributed by atoms with E-state index in [-0.39, 0.29) is 23.7 Å². The van der Waals surface area contributed by atoms with Gasteiger partial charge in [0.15, 0.2) is 0 Å². The van der Waals surface area contributed by atoms with E-state index in [0.717, 1.165) is 11.1 Å². The molecule has 0 bridgehead atoms. The number of nitrogens with one attached hydrogen (secondary N) is 2. The van der Waals surface area contributed by atoms with Crippen LogP contribution in [0.4, 0.5) is 10.1 Å². The van der Waals surface area contributed by atoms with E-state index >= 15 is 0 Å². The lowest BCUT2D eigenvalue weighted by molar-refractivity contribution is -0.121. The van der Waals surface area contributed by atoms with Crippen LogP contribution in [-0.2, 0) is 11.2 Å². The third-order valence-electron chi connectivity index (χ3n) is 4.71. The molecule has 154 valence electrons. The number of hydrogen-bond donors (Lipinski definition) is 2. The molecule has 1 unspecified atom stereocenters. The maximum Gasteiger partial charge on any atom is 0.255 e. The molecule has 6 heteroatoms. The van der Waals surface area contributed by atoms with Gasteiger partial charge in [0.05, 0.1) is 6.04 Å². The third kappa shape index (κ3) is 6.16. The standard InChI is InChI=1S/C24H22ClFN2O2/c1-16(27-23(29)15-4-17-2-9-20(25)10-3-17)18-7-13-22(14-8-18)28-24(30)19-5-11-21(26)12-6-19/h2-3,5-14,16H,4,15H2,1H3,(H,27,29)(H,28,30). The molecule has 0 saturated heterocycles. The SMILES string of the molecule is CC(NC(=O)CCc1ccc(Cl)cc1)c1ccc(NC(=O)c2ccc(F)cc2)cc1. The van der Waals surface area contributed by atoms with E-state index in [1.54, 1.807) is 12.1 Å². The van der Waals surface area contributed by atoms with E-state index in [1.165, 1.54) is 24.3 Å². The minimum atomic E-state index is -0.389. The molecule has 2 amide bonds. The molecule has 0 heterocycles. The molecule has 3 aromatic carbocycles.